The molecule has 0 aliphatic carbocycles. The molecule has 3 aromatic rings. The molecule has 1 aromatic carbocycles. The Morgan fingerprint density at radius 3 is 2.85 bits per heavy atom. The van der Waals surface area contributed by atoms with Crippen LogP contribution in [0.3, 0.4) is 0 Å². The molecule has 0 saturated heterocycles. The minimum Gasteiger partial charge on any atom is -0.469 e. The zero-order chi connectivity index (χ0) is 13.9. The average molecular weight is 269 g/mol. The molecule has 0 unspecified atom stereocenters. The molecule has 3 rings (SSSR count). The van der Waals surface area contributed by atoms with Crippen molar-refractivity contribution in [2.45, 2.75) is 19.3 Å². The lowest BCUT2D eigenvalue weighted by molar-refractivity contribution is 0.505. The molecule has 4 heteroatoms. The highest BCUT2D eigenvalue weighted by Gasteiger charge is 2.09. The summed E-state index contributed by atoms with van der Waals surface area (Å²) in [6, 6.07) is 10.3. The Morgan fingerprint density at radius 2 is 2.10 bits per heavy atom. The first-order valence-corrected chi connectivity index (χ1v) is 6.94. The predicted molar refractivity (Wildman–Crippen MR) is 79.6 cm³/mol. The third-order valence-corrected chi connectivity index (χ3v) is 3.65. The number of benzene rings is 1. The molecule has 0 atom stereocenters. The fourth-order valence-corrected chi connectivity index (χ4v) is 2.53. The number of rotatable bonds is 5. The summed E-state index contributed by atoms with van der Waals surface area (Å²) in [6.45, 7) is 0.670. The lowest BCUT2D eigenvalue weighted by atomic mass is 10.1. The quantitative estimate of drug-likeness (QED) is 0.774. The van der Waals surface area contributed by atoms with Gasteiger partial charge in [0.15, 0.2) is 0 Å². The number of hydrogen-bond acceptors (Lipinski definition) is 3. The summed E-state index contributed by atoms with van der Waals surface area (Å²) in [5, 5.41) is 0. The van der Waals surface area contributed by atoms with Crippen LogP contribution in [0.25, 0.3) is 11.0 Å². The van der Waals surface area contributed by atoms with E-state index < -0.39 is 0 Å². The minimum absolute atomic E-state index is 0.670. The van der Waals surface area contributed by atoms with E-state index in [9.17, 15) is 0 Å². The Balaban J connectivity index is 1.85. The summed E-state index contributed by atoms with van der Waals surface area (Å²) in [4.78, 5) is 4.74. The molecule has 0 saturated carbocycles. The third kappa shape index (κ3) is 2.47. The largest absolute Gasteiger partial charge is 0.469 e. The standard InChI is InChI=1S/C16H19N3O/c1-19-15-6-4-12(8-9-17)11-14(15)18-16(19)7-5-13-3-2-10-20-13/h2-4,6,10-11H,5,7-9,17H2,1H3. The van der Waals surface area contributed by atoms with Gasteiger partial charge < -0.3 is 14.7 Å². The van der Waals surface area contributed by atoms with Gasteiger partial charge >= 0.3 is 0 Å². The summed E-state index contributed by atoms with van der Waals surface area (Å²) >= 11 is 0. The molecule has 20 heavy (non-hydrogen) atoms. The minimum atomic E-state index is 0.670. The van der Waals surface area contributed by atoms with Gasteiger partial charge in [0.25, 0.3) is 0 Å². The van der Waals surface area contributed by atoms with Crippen molar-refractivity contribution in [3.05, 3.63) is 53.7 Å². The van der Waals surface area contributed by atoms with Gasteiger partial charge in [-0.05, 0) is 42.8 Å². The van der Waals surface area contributed by atoms with E-state index in [0.29, 0.717) is 6.54 Å². The van der Waals surface area contributed by atoms with Crippen molar-refractivity contribution in [3.8, 4) is 0 Å². The number of imidazole rings is 1. The number of aryl methyl sites for hydroxylation is 3. The molecule has 0 spiro atoms. The van der Waals surface area contributed by atoms with Gasteiger partial charge in [-0.1, -0.05) is 6.07 Å². The topological polar surface area (TPSA) is 57.0 Å². The second-order valence-electron chi connectivity index (χ2n) is 5.03. The van der Waals surface area contributed by atoms with Crippen molar-refractivity contribution in [3.63, 3.8) is 0 Å². The van der Waals surface area contributed by atoms with Gasteiger partial charge in [-0.2, -0.15) is 0 Å². The Hall–Kier alpha value is -2.07. The van der Waals surface area contributed by atoms with E-state index in [1.54, 1.807) is 6.26 Å². The summed E-state index contributed by atoms with van der Waals surface area (Å²) in [6.07, 6.45) is 4.36. The van der Waals surface area contributed by atoms with Gasteiger partial charge in [-0.15, -0.1) is 0 Å². The van der Waals surface area contributed by atoms with Crippen LogP contribution in [0.5, 0.6) is 0 Å². The van der Waals surface area contributed by atoms with Gasteiger partial charge in [0.05, 0.1) is 17.3 Å². The molecule has 0 radical (unpaired) electrons. The van der Waals surface area contributed by atoms with Crippen LogP contribution in [0.4, 0.5) is 0 Å². The number of fused-ring (bicyclic) bond motifs is 1. The maximum atomic E-state index is 5.61. The molecule has 2 heterocycles. The lowest BCUT2D eigenvalue weighted by Gasteiger charge is -2.01. The molecule has 104 valence electrons. The molecule has 0 fully saturated rings. The van der Waals surface area contributed by atoms with Crippen LogP contribution >= 0.6 is 0 Å². The van der Waals surface area contributed by atoms with Crippen LogP contribution in [-0.4, -0.2) is 16.1 Å². The number of nitrogens with zero attached hydrogens (tertiary/aromatic N) is 2. The molecule has 2 aromatic heterocycles. The fraction of sp³-hybridized carbons (Fsp3) is 0.312. The predicted octanol–water partition coefficient (Wildman–Crippen LogP) is 2.45. The molecule has 0 aliphatic rings. The van der Waals surface area contributed by atoms with Gasteiger partial charge in [0.2, 0.25) is 0 Å². The van der Waals surface area contributed by atoms with E-state index in [0.717, 1.165) is 36.4 Å². The highest BCUT2D eigenvalue weighted by atomic mass is 16.3. The number of nitrogens with two attached hydrogens (primary N) is 1. The molecule has 0 aliphatic heterocycles. The van der Waals surface area contributed by atoms with Gasteiger partial charge in [0.1, 0.15) is 11.6 Å². The molecule has 4 nitrogen and oxygen atoms in total. The smallest absolute Gasteiger partial charge is 0.110 e. The first-order chi connectivity index (χ1) is 9.78. The highest BCUT2D eigenvalue weighted by Crippen LogP contribution is 2.18. The lowest BCUT2D eigenvalue weighted by Crippen LogP contribution is -2.02. The summed E-state index contributed by atoms with van der Waals surface area (Å²) < 4.78 is 7.53. The number of aromatic nitrogens is 2. The highest BCUT2D eigenvalue weighted by molar-refractivity contribution is 5.76. The van der Waals surface area contributed by atoms with Crippen molar-refractivity contribution in [2.24, 2.45) is 12.8 Å². The van der Waals surface area contributed by atoms with Gasteiger partial charge in [0, 0.05) is 19.9 Å². The maximum absolute atomic E-state index is 5.61. The van der Waals surface area contributed by atoms with E-state index in [1.165, 1.54) is 11.1 Å². The van der Waals surface area contributed by atoms with E-state index in [4.69, 9.17) is 15.1 Å². The first-order valence-electron chi connectivity index (χ1n) is 6.94. The Labute approximate surface area is 118 Å². The van der Waals surface area contributed by atoms with E-state index in [2.05, 4.69) is 29.8 Å². The molecular formula is C16H19N3O. The van der Waals surface area contributed by atoms with Crippen LogP contribution in [0.15, 0.2) is 41.0 Å². The molecule has 0 amide bonds. The van der Waals surface area contributed by atoms with Gasteiger partial charge in [-0.3, -0.25) is 0 Å². The van der Waals surface area contributed by atoms with E-state index in [-0.39, 0.29) is 0 Å². The third-order valence-electron chi connectivity index (χ3n) is 3.65. The van der Waals surface area contributed by atoms with Crippen LogP contribution in [0.2, 0.25) is 0 Å². The maximum Gasteiger partial charge on any atom is 0.110 e. The van der Waals surface area contributed by atoms with Crippen LogP contribution in [0.1, 0.15) is 17.1 Å². The molecule has 2 N–H and O–H groups in total. The Morgan fingerprint density at radius 1 is 1.20 bits per heavy atom. The van der Waals surface area contributed by atoms with Crippen LogP contribution in [-0.2, 0) is 26.3 Å². The van der Waals surface area contributed by atoms with Crippen LogP contribution < -0.4 is 5.73 Å². The fourth-order valence-electron chi connectivity index (χ4n) is 2.53. The SMILES string of the molecule is Cn1c(CCc2ccco2)nc2cc(CCN)ccc21. The average Bonchev–Trinajstić information content (AvgIpc) is 3.06. The van der Waals surface area contributed by atoms with Crippen molar-refractivity contribution in [2.75, 3.05) is 6.54 Å². The number of hydrogen-bond donors (Lipinski definition) is 1. The molecule has 0 bridgehead atoms. The Bertz CT molecular complexity index is 698. The summed E-state index contributed by atoms with van der Waals surface area (Å²) in [7, 11) is 2.06. The first kappa shape index (κ1) is 12.9. The van der Waals surface area contributed by atoms with Gasteiger partial charge in [-0.25, -0.2) is 4.98 Å². The van der Waals surface area contributed by atoms with Crippen molar-refractivity contribution in [1.82, 2.24) is 9.55 Å². The Kier molecular flexibility index (Phi) is 3.56. The van der Waals surface area contributed by atoms with Crippen molar-refractivity contribution < 1.29 is 4.42 Å². The van der Waals surface area contributed by atoms with Crippen molar-refractivity contribution >= 4 is 11.0 Å². The summed E-state index contributed by atoms with van der Waals surface area (Å²) in [5.74, 6) is 2.09. The second kappa shape index (κ2) is 5.51. The van der Waals surface area contributed by atoms with E-state index >= 15 is 0 Å². The monoisotopic (exact) mass is 269 g/mol. The number of furan rings is 1. The second-order valence-corrected chi connectivity index (χ2v) is 5.03. The zero-order valence-corrected chi connectivity index (χ0v) is 11.7. The molecular weight excluding hydrogens is 250 g/mol. The summed E-state index contributed by atoms with van der Waals surface area (Å²) in [5.41, 5.74) is 9.07. The zero-order valence-electron chi connectivity index (χ0n) is 11.7. The van der Waals surface area contributed by atoms with Crippen LogP contribution in [0, 0.1) is 0 Å². The van der Waals surface area contributed by atoms with Crippen molar-refractivity contribution in [1.29, 1.82) is 0 Å². The van der Waals surface area contributed by atoms with E-state index in [1.807, 2.05) is 12.1 Å². The normalized spacial score (nSPS) is 11.3.